The van der Waals surface area contributed by atoms with Crippen molar-refractivity contribution in [3.8, 4) is 0 Å². The molecular formula is C15H29ClO2. The third-order valence-electron chi connectivity index (χ3n) is 4.06. The van der Waals surface area contributed by atoms with E-state index in [-0.39, 0.29) is 5.56 Å². The van der Waals surface area contributed by atoms with Gasteiger partial charge in [-0.15, -0.1) is 0 Å². The first-order chi connectivity index (χ1) is 8.47. The SMILES string of the molecule is CCC1OC(C)CC1C.CCC1OC(Cl)CC1C. The third-order valence-corrected chi connectivity index (χ3v) is 4.35. The van der Waals surface area contributed by atoms with Crippen LogP contribution in [0.1, 0.15) is 60.3 Å². The zero-order chi connectivity index (χ0) is 13.7. The highest BCUT2D eigenvalue weighted by Crippen LogP contribution is 2.29. The molecule has 0 aromatic carbocycles. The van der Waals surface area contributed by atoms with Gasteiger partial charge in [0.1, 0.15) is 5.56 Å². The topological polar surface area (TPSA) is 18.5 Å². The van der Waals surface area contributed by atoms with E-state index >= 15 is 0 Å². The molecule has 0 bridgehead atoms. The number of hydrogen-bond acceptors (Lipinski definition) is 2. The molecule has 0 saturated carbocycles. The van der Waals surface area contributed by atoms with Crippen molar-refractivity contribution in [1.29, 1.82) is 0 Å². The van der Waals surface area contributed by atoms with Gasteiger partial charge < -0.3 is 9.47 Å². The summed E-state index contributed by atoms with van der Waals surface area (Å²) in [6, 6.07) is 0. The van der Waals surface area contributed by atoms with Gasteiger partial charge in [-0.3, -0.25) is 0 Å². The Hall–Kier alpha value is 0.210. The fraction of sp³-hybridized carbons (Fsp3) is 1.00. The molecule has 3 heteroatoms. The summed E-state index contributed by atoms with van der Waals surface area (Å²) < 4.78 is 11.0. The lowest BCUT2D eigenvalue weighted by atomic mass is 10.0. The molecule has 0 aliphatic carbocycles. The van der Waals surface area contributed by atoms with Crippen LogP contribution < -0.4 is 0 Å². The van der Waals surface area contributed by atoms with Gasteiger partial charge in [0.2, 0.25) is 0 Å². The van der Waals surface area contributed by atoms with E-state index in [1.54, 1.807) is 0 Å². The standard InChI is InChI=1S/C8H16O.C7H13ClO/c1-4-8-6(2)5-7(3)9-8;1-3-6-5(2)4-7(8)9-6/h6-8H,4-5H2,1-3H3;5-7H,3-4H2,1-2H3. The monoisotopic (exact) mass is 276 g/mol. The Morgan fingerprint density at radius 3 is 1.61 bits per heavy atom. The zero-order valence-corrected chi connectivity index (χ0v) is 13.2. The van der Waals surface area contributed by atoms with Crippen LogP contribution >= 0.6 is 11.6 Å². The molecule has 0 amide bonds. The number of halogens is 1. The number of ether oxygens (including phenoxy) is 2. The fourth-order valence-electron chi connectivity index (χ4n) is 2.98. The molecule has 0 N–H and O–H groups in total. The zero-order valence-electron chi connectivity index (χ0n) is 12.5. The predicted octanol–water partition coefficient (Wildman–Crippen LogP) is 4.60. The second-order valence-electron chi connectivity index (χ2n) is 5.81. The summed E-state index contributed by atoms with van der Waals surface area (Å²) >= 11 is 5.76. The van der Waals surface area contributed by atoms with Crippen LogP contribution in [0.15, 0.2) is 0 Å². The minimum Gasteiger partial charge on any atom is -0.375 e. The Kier molecular flexibility index (Phi) is 6.97. The average molecular weight is 277 g/mol. The normalized spacial score (nSPS) is 43.7. The molecule has 0 aromatic rings. The Balaban J connectivity index is 0.000000180. The molecule has 18 heavy (non-hydrogen) atoms. The minimum absolute atomic E-state index is 0.0232. The number of rotatable bonds is 2. The van der Waals surface area contributed by atoms with Crippen LogP contribution in [0.3, 0.4) is 0 Å². The molecule has 2 aliphatic heterocycles. The van der Waals surface area contributed by atoms with Crippen LogP contribution in [0.4, 0.5) is 0 Å². The van der Waals surface area contributed by atoms with E-state index in [2.05, 4.69) is 34.6 Å². The van der Waals surface area contributed by atoms with Crippen molar-refractivity contribution in [3.63, 3.8) is 0 Å². The van der Waals surface area contributed by atoms with Crippen LogP contribution in [0.5, 0.6) is 0 Å². The molecule has 0 aromatic heterocycles. The minimum atomic E-state index is -0.0232. The lowest BCUT2D eigenvalue weighted by Gasteiger charge is -2.10. The molecule has 2 fully saturated rings. The molecule has 0 spiro atoms. The van der Waals surface area contributed by atoms with E-state index in [4.69, 9.17) is 21.1 Å². The predicted molar refractivity (Wildman–Crippen MR) is 77.0 cm³/mol. The van der Waals surface area contributed by atoms with Gasteiger partial charge in [-0.05, 0) is 44.4 Å². The highest BCUT2D eigenvalue weighted by Gasteiger charge is 2.29. The summed E-state index contributed by atoms with van der Waals surface area (Å²) in [6.07, 6.45) is 5.98. The molecular weight excluding hydrogens is 248 g/mol. The number of alkyl halides is 1. The van der Waals surface area contributed by atoms with Gasteiger partial charge in [0.05, 0.1) is 18.3 Å². The van der Waals surface area contributed by atoms with Gasteiger partial charge >= 0.3 is 0 Å². The highest BCUT2D eigenvalue weighted by molar-refractivity contribution is 6.19. The van der Waals surface area contributed by atoms with Gasteiger partial charge in [0, 0.05) is 0 Å². The average Bonchev–Trinajstić information content (AvgIpc) is 2.81. The maximum absolute atomic E-state index is 5.76. The summed E-state index contributed by atoms with van der Waals surface area (Å²) in [6.45, 7) is 11.0. The highest BCUT2D eigenvalue weighted by atomic mass is 35.5. The lowest BCUT2D eigenvalue weighted by Crippen LogP contribution is -2.11. The fourth-order valence-corrected chi connectivity index (χ4v) is 3.40. The molecule has 2 heterocycles. The smallest absolute Gasteiger partial charge is 0.131 e. The van der Waals surface area contributed by atoms with Crippen molar-refractivity contribution in [2.24, 2.45) is 11.8 Å². The first-order valence-electron chi connectivity index (χ1n) is 7.42. The Morgan fingerprint density at radius 1 is 0.889 bits per heavy atom. The van der Waals surface area contributed by atoms with E-state index in [9.17, 15) is 0 Å². The van der Waals surface area contributed by atoms with E-state index in [0.29, 0.717) is 24.2 Å². The summed E-state index contributed by atoms with van der Waals surface area (Å²) in [5.74, 6) is 1.43. The van der Waals surface area contributed by atoms with Crippen LogP contribution in [-0.2, 0) is 9.47 Å². The summed E-state index contributed by atoms with van der Waals surface area (Å²) in [5, 5.41) is 0. The van der Waals surface area contributed by atoms with Gasteiger partial charge in [-0.1, -0.05) is 39.3 Å². The lowest BCUT2D eigenvalue weighted by molar-refractivity contribution is 0.0438. The van der Waals surface area contributed by atoms with Crippen LogP contribution in [0, 0.1) is 11.8 Å². The van der Waals surface area contributed by atoms with Crippen LogP contribution in [-0.4, -0.2) is 23.9 Å². The molecule has 2 nitrogen and oxygen atoms in total. The second kappa shape index (κ2) is 7.72. The summed E-state index contributed by atoms with van der Waals surface area (Å²) in [7, 11) is 0. The molecule has 0 radical (unpaired) electrons. The van der Waals surface area contributed by atoms with E-state index in [1.807, 2.05) is 0 Å². The molecule has 2 rings (SSSR count). The molecule has 108 valence electrons. The van der Waals surface area contributed by atoms with Gasteiger partial charge in [-0.2, -0.15) is 0 Å². The van der Waals surface area contributed by atoms with Crippen molar-refractivity contribution in [3.05, 3.63) is 0 Å². The van der Waals surface area contributed by atoms with Crippen molar-refractivity contribution in [1.82, 2.24) is 0 Å². The maximum Gasteiger partial charge on any atom is 0.131 e. The van der Waals surface area contributed by atoms with E-state index in [1.165, 1.54) is 12.8 Å². The Morgan fingerprint density at radius 2 is 1.39 bits per heavy atom. The first-order valence-corrected chi connectivity index (χ1v) is 7.86. The van der Waals surface area contributed by atoms with Crippen LogP contribution in [0.25, 0.3) is 0 Å². The molecule has 2 aliphatic rings. The quantitative estimate of drug-likeness (QED) is 0.687. The first kappa shape index (κ1) is 16.3. The summed E-state index contributed by atoms with van der Waals surface area (Å²) in [4.78, 5) is 0. The molecule has 2 saturated heterocycles. The molecule has 6 unspecified atom stereocenters. The number of hydrogen-bond donors (Lipinski definition) is 0. The molecule has 6 atom stereocenters. The van der Waals surface area contributed by atoms with Gasteiger partial charge in [-0.25, -0.2) is 0 Å². The van der Waals surface area contributed by atoms with Crippen molar-refractivity contribution in [2.45, 2.75) is 84.2 Å². The van der Waals surface area contributed by atoms with E-state index < -0.39 is 0 Å². The van der Waals surface area contributed by atoms with Crippen molar-refractivity contribution in [2.75, 3.05) is 0 Å². The van der Waals surface area contributed by atoms with Crippen molar-refractivity contribution >= 4 is 11.6 Å². The van der Waals surface area contributed by atoms with Gasteiger partial charge in [0.15, 0.2) is 0 Å². The van der Waals surface area contributed by atoms with Crippen molar-refractivity contribution < 1.29 is 9.47 Å². The second-order valence-corrected chi connectivity index (χ2v) is 6.30. The maximum atomic E-state index is 5.76. The third kappa shape index (κ3) is 4.71. The van der Waals surface area contributed by atoms with Crippen LogP contribution in [0.2, 0.25) is 0 Å². The Bertz CT molecular complexity index is 211. The largest absolute Gasteiger partial charge is 0.375 e. The Labute approximate surface area is 117 Å². The van der Waals surface area contributed by atoms with E-state index in [0.717, 1.165) is 18.8 Å². The summed E-state index contributed by atoms with van der Waals surface area (Å²) in [5.41, 5.74) is -0.0232. The van der Waals surface area contributed by atoms with Gasteiger partial charge in [0.25, 0.3) is 0 Å².